The molecule has 0 heterocycles. The Bertz CT molecular complexity index is 1050. The number of esters is 3. The van der Waals surface area contributed by atoms with Gasteiger partial charge in [-0.1, -0.05) is 158 Å². The van der Waals surface area contributed by atoms with Crippen LogP contribution in [0.2, 0.25) is 0 Å². The summed E-state index contributed by atoms with van der Waals surface area (Å²) in [6, 6.07) is 0. The van der Waals surface area contributed by atoms with Crippen molar-refractivity contribution >= 4 is 17.9 Å². The highest BCUT2D eigenvalue weighted by molar-refractivity contribution is 5.71. The van der Waals surface area contributed by atoms with E-state index in [0.717, 1.165) is 96.3 Å². The van der Waals surface area contributed by atoms with E-state index < -0.39 is 6.10 Å². The number of unbranched alkanes of at least 4 members (excludes halogenated alkanes) is 15. The molecule has 0 rings (SSSR count). The molecule has 0 bridgehead atoms. The van der Waals surface area contributed by atoms with Crippen molar-refractivity contribution in [2.24, 2.45) is 0 Å². The summed E-state index contributed by atoms with van der Waals surface area (Å²) in [6.45, 7) is 6.34. The Labute approximate surface area is 332 Å². The zero-order chi connectivity index (χ0) is 39.4. The van der Waals surface area contributed by atoms with Gasteiger partial charge in [0.2, 0.25) is 0 Å². The SMILES string of the molecule is CC/C=C\C/C=C\C/C=C\C/C=C\CCC(=O)OCC(COC(=O)CCCCCCC/C=C\CCC)OC(=O)CCCCCCC/C=C\CCCCCC. The maximum atomic E-state index is 12.7. The summed E-state index contributed by atoms with van der Waals surface area (Å²) >= 11 is 0. The van der Waals surface area contributed by atoms with E-state index in [4.69, 9.17) is 14.2 Å². The number of carbonyl (C=O) groups is 3. The van der Waals surface area contributed by atoms with Crippen LogP contribution in [-0.4, -0.2) is 37.2 Å². The predicted molar refractivity (Wildman–Crippen MR) is 228 cm³/mol. The minimum absolute atomic E-state index is 0.106. The molecule has 0 aliphatic carbocycles. The highest BCUT2D eigenvalue weighted by Gasteiger charge is 2.19. The van der Waals surface area contributed by atoms with Crippen LogP contribution in [0.3, 0.4) is 0 Å². The quantitative estimate of drug-likeness (QED) is 0.0270. The third-order valence-electron chi connectivity index (χ3n) is 8.91. The molecule has 1 unspecified atom stereocenters. The van der Waals surface area contributed by atoms with Gasteiger partial charge in [0.25, 0.3) is 0 Å². The fourth-order valence-electron chi connectivity index (χ4n) is 5.63. The molecule has 54 heavy (non-hydrogen) atoms. The van der Waals surface area contributed by atoms with Gasteiger partial charge in [-0.25, -0.2) is 0 Å². The monoisotopic (exact) mass is 753 g/mol. The van der Waals surface area contributed by atoms with Gasteiger partial charge in [0, 0.05) is 19.3 Å². The lowest BCUT2D eigenvalue weighted by atomic mass is 10.1. The molecule has 0 saturated heterocycles. The van der Waals surface area contributed by atoms with E-state index in [1.54, 1.807) is 0 Å². The molecular weight excluding hydrogens is 673 g/mol. The standard InChI is InChI=1S/C48H80O6/c1-4-7-10-13-16-19-22-24-26-29-32-35-38-41-47(50)53-44-45(43-52-46(49)40-37-34-31-28-21-18-15-12-9-6-3)54-48(51)42-39-36-33-30-27-25-23-20-17-14-11-8-5-2/h7,10,12,15-16,19-20,23-24,26,32,35,45H,4-6,8-9,11,13-14,17-18,21-22,25,27-31,33-34,36-44H2,1-3H3/b10-7-,15-12-,19-16-,23-20-,26-24-,35-32-. The van der Waals surface area contributed by atoms with Gasteiger partial charge in [0.05, 0.1) is 0 Å². The van der Waals surface area contributed by atoms with Crippen LogP contribution in [0.1, 0.15) is 194 Å². The second-order valence-electron chi connectivity index (χ2n) is 14.2. The van der Waals surface area contributed by atoms with Crippen LogP contribution < -0.4 is 0 Å². The van der Waals surface area contributed by atoms with Crippen LogP contribution in [0, 0.1) is 0 Å². The smallest absolute Gasteiger partial charge is 0.306 e. The van der Waals surface area contributed by atoms with E-state index >= 15 is 0 Å². The molecule has 0 aromatic carbocycles. The molecule has 0 radical (unpaired) electrons. The summed E-state index contributed by atoms with van der Waals surface area (Å²) in [5.74, 6) is -1.02. The molecule has 6 nitrogen and oxygen atoms in total. The first-order valence-electron chi connectivity index (χ1n) is 21.9. The normalized spacial score (nSPS) is 12.7. The molecule has 0 aromatic rings. The summed E-state index contributed by atoms with van der Waals surface area (Å²) in [4.78, 5) is 37.6. The molecular formula is C48H80O6. The van der Waals surface area contributed by atoms with Crippen LogP contribution in [0.25, 0.3) is 0 Å². The predicted octanol–water partition coefficient (Wildman–Crippen LogP) is 13.9. The molecule has 308 valence electrons. The maximum Gasteiger partial charge on any atom is 0.306 e. The second-order valence-corrected chi connectivity index (χ2v) is 14.2. The Morgan fingerprint density at radius 1 is 0.389 bits per heavy atom. The fraction of sp³-hybridized carbons (Fsp3) is 0.688. The molecule has 0 aliphatic heterocycles. The topological polar surface area (TPSA) is 78.9 Å². The van der Waals surface area contributed by atoms with E-state index in [0.29, 0.717) is 19.3 Å². The molecule has 0 N–H and O–H groups in total. The fourth-order valence-corrected chi connectivity index (χ4v) is 5.63. The van der Waals surface area contributed by atoms with Crippen LogP contribution in [0.5, 0.6) is 0 Å². The largest absolute Gasteiger partial charge is 0.462 e. The van der Waals surface area contributed by atoms with Crippen molar-refractivity contribution in [1.29, 1.82) is 0 Å². The Morgan fingerprint density at radius 3 is 1.31 bits per heavy atom. The van der Waals surface area contributed by atoms with Gasteiger partial charge in [0.1, 0.15) is 13.2 Å². The summed E-state index contributed by atoms with van der Waals surface area (Å²) in [5.41, 5.74) is 0. The van der Waals surface area contributed by atoms with E-state index in [2.05, 4.69) is 81.5 Å². The van der Waals surface area contributed by atoms with Crippen LogP contribution in [-0.2, 0) is 28.6 Å². The lowest BCUT2D eigenvalue weighted by Gasteiger charge is -2.18. The van der Waals surface area contributed by atoms with Crippen LogP contribution in [0.4, 0.5) is 0 Å². The van der Waals surface area contributed by atoms with Crippen molar-refractivity contribution in [1.82, 2.24) is 0 Å². The van der Waals surface area contributed by atoms with Crippen LogP contribution in [0.15, 0.2) is 72.9 Å². The molecule has 0 fully saturated rings. The highest BCUT2D eigenvalue weighted by Crippen LogP contribution is 2.12. The van der Waals surface area contributed by atoms with Crippen molar-refractivity contribution < 1.29 is 28.6 Å². The number of carbonyl (C=O) groups excluding carboxylic acids is 3. The van der Waals surface area contributed by atoms with Gasteiger partial charge in [-0.15, -0.1) is 0 Å². The number of ether oxygens (including phenoxy) is 3. The molecule has 0 saturated carbocycles. The minimum Gasteiger partial charge on any atom is -0.462 e. The number of allylic oxidation sites excluding steroid dienone is 12. The highest BCUT2D eigenvalue weighted by atomic mass is 16.6. The van der Waals surface area contributed by atoms with Gasteiger partial charge >= 0.3 is 17.9 Å². The number of hydrogen-bond donors (Lipinski definition) is 0. The van der Waals surface area contributed by atoms with Gasteiger partial charge in [-0.2, -0.15) is 0 Å². The van der Waals surface area contributed by atoms with Crippen molar-refractivity contribution in [3.63, 3.8) is 0 Å². The molecule has 1 atom stereocenters. The molecule has 0 amide bonds. The summed E-state index contributed by atoms with van der Waals surface area (Å²) < 4.78 is 16.6. The Balaban J connectivity index is 4.51. The van der Waals surface area contributed by atoms with Crippen molar-refractivity contribution in [2.75, 3.05) is 13.2 Å². The van der Waals surface area contributed by atoms with Gasteiger partial charge in [-0.3, -0.25) is 14.4 Å². The first-order chi connectivity index (χ1) is 26.5. The third kappa shape index (κ3) is 40.0. The molecule has 0 spiro atoms. The van der Waals surface area contributed by atoms with Gasteiger partial charge in [-0.05, 0) is 89.9 Å². The average Bonchev–Trinajstić information content (AvgIpc) is 3.17. The first kappa shape index (κ1) is 50.9. The summed E-state index contributed by atoms with van der Waals surface area (Å²) in [6.07, 6.45) is 51.8. The van der Waals surface area contributed by atoms with E-state index in [1.807, 2.05) is 12.2 Å². The lowest BCUT2D eigenvalue weighted by Crippen LogP contribution is -2.30. The second kappa shape index (κ2) is 42.6. The molecule has 0 aromatic heterocycles. The van der Waals surface area contributed by atoms with E-state index in [1.165, 1.54) is 51.4 Å². The zero-order valence-corrected chi connectivity index (χ0v) is 35.0. The Kier molecular flexibility index (Phi) is 40.1. The van der Waals surface area contributed by atoms with Crippen molar-refractivity contribution in [3.8, 4) is 0 Å². The average molecular weight is 753 g/mol. The first-order valence-corrected chi connectivity index (χ1v) is 21.9. The Morgan fingerprint density at radius 2 is 0.796 bits per heavy atom. The van der Waals surface area contributed by atoms with Crippen molar-refractivity contribution in [2.45, 2.75) is 200 Å². The van der Waals surface area contributed by atoms with Gasteiger partial charge in [0.15, 0.2) is 6.10 Å². The molecule has 0 aliphatic rings. The van der Waals surface area contributed by atoms with Gasteiger partial charge < -0.3 is 14.2 Å². The minimum atomic E-state index is -0.808. The molecule has 6 heteroatoms. The van der Waals surface area contributed by atoms with Crippen molar-refractivity contribution in [3.05, 3.63) is 72.9 Å². The summed E-state index contributed by atoms with van der Waals surface area (Å²) in [5, 5.41) is 0. The van der Waals surface area contributed by atoms with Crippen LogP contribution >= 0.6 is 0 Å². The number of rotatable bonds is 38. The lowest BCUT2D eigenvalue weighted by molar-refractivity contribution is -0.166. The Hall–Kier alpha value is -3.15. The van der Waals surface area contributed by atoms with E-state index in [9.17, 15) is 14.4 Å². The zero-order valence-electron chi connectivity index (χ0n) is 35.0. The van der Waals surface area contributed by atoms with E-state index in [-0.39, 0.29) is 37.5 Å². The number of hydrogen-bond acceptors (Lipinski definition) is 6. The summed E-state index contributed by atoms with van der Waals surface area (Å²) in [7, 11) is 0. The third-order valence-corrected chi connectivity index (χ3v) is 8.91. The maximum absolute atomic E-state index is 12.7.